The Kier molecular flexibility index (Phi) is 5.61. The van der Waals surface area contributed by atoms with Crippen molar-refractivity contribution in [1.82, 2.24) is 4.98 Å². The predicted octanol–water partition coefficient (Wildman–Crippen LogP) is 6.30. The molecule has 3 aromatic rings. The average Bonchev–Trinajstić information content (AvgIpc) is 3.13. The zero-order valence-electron chi connectivity index (χ0n) is 14.6. The van der Waals surface area contributed by atoms with Gasteiger partial charge in [0.2, 0.25) is 0 Å². The smallest absolute Gasteiger partial charge is 0.129 e. The highest BCUT2D eigenvalue weighted by molar-refractivity contribution is 6.35. The molecule has 28 heavy (non-hydrogen) atoms. The zero-order chi connectivity index (χ0) is 19.7. The predicted molar refractivity (Wildman–Crippen MR) is 113 cm³/mol. The Balaban J connectivity index is 1.87. The second kappa shape index (κ2) is 8.14. The average molecular weight is 433 g/mol. The first kappa shape index (κ1) is 19.3. The summed E-state index contributed by atoms with van der Waals surface area (Å²) in [6.45, 7) is 0.357. The van der Waals surface area contributed by atoms with Gasteiger partial charge in [-0.3, -0.25) is 4.98 Å². The Morgan fingerprint density at radius 3 is 2.54 bits per heavy atom. The number of halogens is 3. The quantitative estimate of drug-likeness (QED) is 0.526. The molecule has 0 saturated carbocycles. The van der Waals surface area contributed by atoms with Gasteiger partial charge in [0.05, 0.1) is 6.61 Å². The van der Waals surface area contributed by atoms with Crippen LogP contribution in [0, 0.1) is 0 Å². The SMILES string of the molecule is OC(C1=C(c2cccc(Cl)c2)OCC1c1ccc(Cl)cc1Cl)c1cccnc1. The molecule has 0 radical (unpaired) electrons. The lowest BCUT2D eigenvalue weighted by molar-refractivity contribution is 0.209. The lowest BCUT2D eigenvalue weighted by Gasteiger charge is -2.20. The molecule has 2 aromatic carbocycles. The molecule has 0 spiro atoms. The maximum absolute atomic E-state index is 11.2. The molecule has 1 aliphatic heterocycles. The number of hydrogen-bond donors (Lipinski definition) is 1. The molecule has 0 bridgehead atoms. The normalized spacial score (nSPS) is 17.5. The van der Waals surface area contributed by atoms with Gasteiger partial charge in [-0.2, -0.15) is 0 Å². The van der Waals surface area contributed by atoms with E-state index in [1.54, 1.807) is 36.7 Å². The van der Waals surface area contributed by atoms with Crippen LogP contribution in [0.15, 0.2) is 72.6 Å². The lowest BCUT2D eigenvalue weighted by Crippen LogP contribution is -2.11. The fourth-order valence-corrected chi connectivity index (χ4v) is 4.18. The maximum Gasteiger partial charge on any atom is 0.129 e. The second-order valence-electron chi connectivity index (χ2n) is 6.51. The number of aromatic nitrogens is 1. The minimum Gasteiger partial charge on any atom is -0.492 e. The van der Waals surface area contributed by atoms with Crippen molar-refractivity contribution < 1.29 is 9.84 Å². The third kappa shape index (κ3) is 3.76. The number of ether oxygens (including phenoxy) is 1. The van der Waals surface area contributed by atoms with E-state index in [1.165, 1.54) is 0 Å². The highest BCUT2D eigenvalue weighted by Gasteiger charge is 2.36. The molecule has 2 heterocycles. The first-order valence-electron chi connectivity index (χ1n) is 8.70. The number of rotatable bonds is 4. The van der Waals surface area contributed by atoms with Gasteiger partial charge in [0, 0.05) is 50.1 Å². The number of aliphatic hydroxyl groups is 1. The van der Waals surface area contributed by atoms with Crippen LogP contribution in [-0.2, 0) is 4.74 Å². The number of benzene rings is 2. The topological polar surface area (TPSA) is 42.4 Å². The van der Waals surface area contributed by atoms with Crippen LogP contribution in [0.5, 0.6) is 0 Å². The van der Waals surface area contributed by atoms with E-state index in [0.29, 0.717) is 33.0 Å². The van der Waals surface area contributed by atoms with E-state index >= 15 is 0 Å². The molecule has 3 nitrogen and oxygen atoms in total. The molecule has 1 aromatic heterocycles. The Morgan fingerprint density at radius 2 is 1.82 bits per heavy atom. The Labute approximate surface area is 178 Å². The minimum atomic E-state index is -0.901. The molecule has 0 amide bonds. The van der Waals surface area contributed by atoms with Crippen LogP contribution < -0.4 is 0 Å². The standard InChI is InChI=1S/C22H16Cl3NO2/c23-15-5-1-3-13(9-15)22-20(21(27)14-4-2-8-26-11-14)18(12-28-22)17-7-6-16(24)10-19(17)25/h1-11,18,21,27H,12H2. The molecule has 0 saturated heterocycles. The summed E-state index contributed by atoms with van der Waals surface area (Å²) in [5, 5.41) is 12.9. The molecule has 4 rings (SSSR count). The summed E-state index contributed by atoms with van der Waals surface area (Å²) in [5.41, 5.74) is 3.05. The Bertz CT molecular complexity index is 1040. The van der Waals surface area contributed by atoms with Gasteiger partial charge in [-0.25, -0.2) is 0 Å². The van der Waals surface area contributed by atoms with Crippen LogP contribution in [0.25, 0.3) is 5.76 Å². The largest absolute Gasteiger partial charge is 0.492 e. The highest BCUT2D eigenvalue weighted by Crippen LogP contribution is 2.46. The van der Waals surface area contributed by atoms with E-state index in [0.717, 1.165) is 16.7 Å². The fraction of sp³-hybridized carbons (Fsp3) is 0.136. The zero-order valence-corrected chi connectivity index (χ0v) is 16.9. The third-order valence-electron chi connectivity index (χ3n) is 4.75. The highest BCUT2D eigenvalue weighted by atomic mass is 35.5. The molecular weight excluding hydrogens is 417 g/mol. The molecule has 1 aliphatic rings. The molecule has 2 unspecified atom stereocenters. The summed E-state index contributed by atoms with van der Waals surface area (Å²) in [7, 11) is 0. The lowest BCUT2D eigenvalue weighted by atomic mass is 9.86. The summed E-state index contributed by atoms with van der Waals surface area (Å²) < 4.78 is 6.05. The fourth-order valence-electron chi connectivity index (χ4n) is 3.45. The van der Waals surface area contributed by atoms with Gasteiger partial charge in [0.15, 0.2) is 0 Å². The summed E-state index contributed by atoms with van der Waals surface area (Å²) in [6, 6.07) is 16.4. The van der Waals surface area contributed by atoms with E-state index in [4.69, 9.17) is 39.5 Å². The second-order valence-corrected chi connectivity index (χ2v) is 7.79. The van der Waals surface area contributed by atoms with Gasteiger partial charge in [0.25, 0.3) is 0 Å². The van der Waals surface area contributed by atoms with Crippen molar-refractivity contribution >= 4 is 40.6 Å². The minimum absolute atomic E-state index is 0.228. The van der Waals surface area contributed by atoms with E-state index in [2.05, 4.69) is 4.98 Å². The number of hydrogen-bond acceptors (Lipinski definition) is 3. The van der Waals surface area contributed by atoms with Crippen LogP contribution in [-0.4, -0.2) is 16.7 Å². The Hall–Kier alpha value is -2.04. The molecule has 142 valence electrons. The van der Waals surface area contributed by atoms with Crippen molar-refractivity contribution in [3.63, 3.8) is 0 Å². The maximum atomic E-state index is 11.2. The van der Waals surface area contributed by atoms with E-state index in [-0.39, 0.29) is 5.92 Å². The molecule has 6 heteroatoms. The van der Waals surface area contributed by atoms with Crippen molar-refractivity contribution in [3.05, 3.63) is 104 Å². The summed E-state index contributed by atoms with van der Waals surface area (Å²) >= 11 is 18.7. The van der Waals surface area contributed by atoms with Gasteiger partial charge >= 0.3 is 0 Å². The molecule has 0 aliphatic carbocycles. The van der Waals surface area contributed by atoms with Crippen molar-refractivity contribution in [3.8, 4) is 0 Å². The molecule has 2 atom stereocenters. The van der Waals surface area contributed by atoms with Crippen LogP contribution in [0.4, 0.5) is 0 Å². The molecule has 0 fully saturated rings. The van der Waals surface area contributed by atoms with Gasteiger partial charge in [-0.1, -0.05) is 59.1 Å². The summed E-state index contributed by atoms with van der Waals surface area (Å²) in [4.78, 5) is 4.13. The summed E-state index contributed by atoms with van der Waals surface area (Å²) in [5.74, 6) is 0.379. The molecular formula is C22H16Cl3NO2. The number of pyridine rings is 1. The van der Waals surface area contributed by atoms with Gasteiger partial charge in [-0.05, 0) is 35.9 Å². The van der Waals surface area contributed by atoms with Crippen molar-refractivity contribution in [2.24, 2.45) is 0 Å². The van der Waals surface area contributed by atoms with Gasteiger partial charge in [-0.15, -0.1) is 0 Å². The monoisotopic (exact) mass is 431 g/mol. The number of nitrogens with zero attached hydrogens (tertiary/aromatic N) is 1. The molecule has 1 N–H and O–H groups in total. The van der Waals surface area contributed by atoms with Crippen LogP contribution >= 0.6 is 34.8 Å². The first-order chi connectivity index (χ1) is 13.5. The van der Waals surface area contributed by atoms with Crippen molar-refractivity contribution in [1.29, 1.82) is 0 Å². The Morgan fingerprint density at radius 1 is 1.00 bits per heavy atom. The van der Waals surface area contributed by atoms with Crippen molar-refractivity contribution in [2.75, 3.05) is 6.61 Å². The first-order valence-corrected chi connectivity index (χ1v) is 9.83. The van der Waals surface area contributed by atoms with E-state index in [9.17, 15) is 5.11 Å². The number of aliphatic hydroxyl groups excluding tert-OH is 1. The van der Waals surface area contributed by atoms with Gasteiger partial charge in [0.1, 0.15) is 11.9 Å². The third-order valence-corrected chi connectivity index (χ3v) is 5.55. The van der Waals surface area contributed by atoms with Crippen LogP contribution in [0.3, 0.4) is 0 Å². The van der Waals surface area contributed by atoms with E-state index in [1.807, 2.05) is 30.3 Å². The van der Waals surface area contributed by atoms with Crippen LogP contribution in [0.2, 0.25) is 15.1 Å². The summed E-state index contributed by atoms with van der Waals surface area (Å²) in [6.07, 6.45) is 2.41. The van der Waals surface area contributed by atoms with E-state index < -0.39 is 6.10 Å². The van der Waals surface area contributed by atoms with Crippen molar-refractivity contribution in [2.45, 2.75) is 12.0 Å². The van der Waals surface area contributed by atoms with Crippen LogP contribution in [0.1, 0.15) is 28.7 Å². The van der Waals surface area contributed by atoms with Gasteiger partial charge < -0.3 is 9.84 Å².